The lowest BCUT2D eigenvalue weighted by atomic mass is 10.1. The van der Waals surface area contributed by atoms with E-state index in [0.717, 1.165) is 0 Å². The van der Waals surface area contributed by atoms with E-state index in [0.29, 0.717) is 0 Å². The van der Waals surface area contributed by atoms with Crippen molar-refractivity contribution in [1.29, 1.82) is 0 Å². The minimum absolute atomic E-state index is 0.615. The summed E-state index contributed by atoms with van der Waals surface area (Å²) in [5, 5.41) is 0. The molecule has 0 aliphatic heterocycles. The number of benzene rings is 1. The van der Waals surface area contributed by atoms with Crippen LogP contribution in [0.5, 0.6) is 0 Å². The lowest BCUT2D eigenvalue weighted by Gasteiger charge is -2.08. The number of hydrogen-bond acceptors (Lipinski definition) is 6. The topological polar surface area (TPSA) is 201 Å². The lowest BCUT2D eigenvalue weighted by Crippen LogP contribution is -2.14. The summed E-state index contributed by atoms with van der Waals surface area (Å²) in [6, 6.07) is 0. The Kier molecular flexibility index (Phi) is 10.1. The molecule has 0 radical (unpaired) electrons. The Bertz CT molecular complexity index is 659. The third-order valence-electron chi connectivity index (χ3n) is 1.85. The van der Waals surface area contributed by atoms with Crippen LogP contribution in [0.1, 0.15) is 11.1 Å². The van der Waals surface area contributed by atoms with Crippen molar-refractivity contribution in [2.75, 3.05) is 0 Å². The minimum atomic E-state index is -4.67. The van der Waals surface area contributed by atoms with E-state index in [1.807, 2.05) is 0 Å². The van der Waals surface area contributed by atoms with Crippen molar-refractivity contribution < 1.29 is 52.6 Å². The zero-order valence-corrected chi connectivity index (χ0v) is 13.0. The largest absolute Gasteiger partial charge is 0.394 e. The van der Waals surface area contributed by atoms with E-state index in [4.69, 9.17) is 46.5 Å². The van der Waals surface area contributed by atoms with Crippen LogP contribution in [-0.2, 0) is 33.9 Å². The molecule has 0 aliphatic carbocycles. The second kappa shape index (κ2) is 9.79. The highest BCUT2D eigenvalue weighted by atomic mass is 32.3. The first-order chi connectivity index (χ1) is 10.5. The molecule has 24 heavy (non-hydrogen) atoms. The first kappa shape index (κ1) is 24.8. The van der Waals surface area contributed by atoms with Crippen LogP contribution in [0, 0.1) is 23.3 Å². The van der Waals surface area contributed by atoms with Crippen LogP contribution in [0.3, 0.4) is 0 Å². The molecule has 0 unspecified atom stereocenters. The number of halogens is 4. The third-order valence-corrected chi connectivity index (χ3v) is 1.85. The van der Waals surface area contributed by atoms with Gasteiger partial charge in [-0.15, -0.1) is 0 Å². The molecule has 1 rings (SSSR count). The SMILES string of the molecule is NCc1c(F)c(F)c(CN)c(F)c1F.O=S(=O)(O)O.O=S(=O)(O)O. The second-order valence-corrected chi connectivity index (χ2v) is 5.31. The van der Waals surface area contributed by atoms with E-state index in [1.165, 1.54) is 0 Å². The molecule has 0 heterocycles. The van der Waals surface area contributed by atoms with E-state index in [2.05, 4.69) is 0 Å². The summed E-state index contributed by atoms with van der Waals surface area (Å²) in [6.45, 7) is -1.23. The first-order valence-electron chi connectivity index (χ1n) is 5.18. The fourth-order valence-corrected chi connectivity index (χ4v) is 1.08. The summed E-state index contributed by atoms with van der Waals surface area (Å²) in [6.07, 6.45) is 0. The molecule has 0 aromatic heterocycles. The molecule has 0 amide bonds. The van der Waals surface area contributed by atoms with E-state index >= 15 is 0 Å². The quantitative estimate of drug-likeness (QED) is 0.219. The van der Waals surface area contributed by atoms with Gasteiger partial charge < -0.3 is 11.5 Å². The maximum atomic E-state index is 13.0. The molecular weight excluding hydrogens is 392 g/mol. The Hall–Kier alpha value is -1.40. The Labute approximate surface area is 133 Å². The van der Waals surface area contributed by atoms with Gasteiger partial charge >= 0.3 is 20.8 Å². The molecule has 0 saturated heterocycles. The van der Waals surface area contributed by atoms with Gasteiger partial charge in [0.15, 0.2) is 23.3 Å². The van der Waals surface area contributed by atoms with Gasteiger partial charge in [0, 0.05) is 24.2 Å². The Balaban J connectivity index is 0. The molecule has 10 nitrogen and oxygen atoms in total. The molecule has 1 aromatic rings. The maximum Gasteiger partial charge on any atom is 0.394 e. The smallest absolute Gasteiger partial charge is 0.326 e. The second-order valence-electron chi connectivity index (χ2n) is 3.52. The van der Waals surface area contributed by atoms with Crippen LogP contribution in [0.2, 0.25) is 0 Å². The minimum Gasteiger partial charge on any atom is -0.326 e. The predicted molar refractivity (Wildman–Crippen MR) is 70.4 cm³/mol. The van der Waals surface area contributed by atoms with Crippen LogP contribution >= 0.6 is 0 Å². The summed E-state index contributed by atoms with van der Waals surface area (Å²) in [7, 11) is -9.33. The summed E-state index contributed by atoms with van der Waals surface area (Å²) < 4.78 is 115. The van der Waals surface area contributed by atoms with Crippen LogP contribution in [-0.4, -0.2) is 35.0 Å². The number of rotatable bonds is 2. The highest BCUT2D eigenvalue weighted by molar-refractivity contribution is 7.80. The molecule has 8 N–H and O–H groups in total. The monoisotopic (exact) mass is 404 g/mol. The van der Waals surface area contributed by atoms with Gasteiger partial charge in [-0.3, -0.25) is 18.2 Å². The predicted octanol–water partition coefficient (Wildman–Crippen LogP) is -0.145. The van der Waals surface area contributed by atoms with E-state index in [1.54, 1.807) is 0 Å². The van der Waals surface area contributed by atoms with E-state index < -0.39 is 68.3 Å². The van der Waals surface area contributed by atoms with Gasteiger partial charge in [0.05, 0.1) is 0 Å². The van der Waals surface area contributed by atoms with Crippen molar-refractivity contribution in [3.8, 4) is 0 Å². The van der Waals surface area contributed by atoms with Crippen LogP contribution in [0.25, 0.3) is 0 Å². The average molecular weight is 404 g/mol. The summed E-state index contributed by atoms with van der Waals surface area (Å²) in [4.78, 5) is 0. The Morgan fingerprint density at radius 1 is 0.625 bits per heavy atom. The van der Waals surface area contributed by atoms with Gasteiger partial charge in [0.2, 0.25) is 0 Å². The Morgan fingerprint density at radius 3 is 0.833 bits per heavy atom. The molecule has 0 saturated carbocycles. The van der Waals surface area contributed by atoms with Crippen molar-refractivity contribution in [1.82, 2.24) is 0 Å². The van der Waals surface area contributed by atoms with Crippen LogP contribution < -0.4 is 11.5 Å². The highest BCUT2D eigenvalue weighted by Crippen LogP contribution is 2.23. The molecule has 0 bridgehead atoms. The lowest BCUT2D eigenvalue weighted by molar-refractivity contribution is 0.378. The Morgan fingerprint density at radius 2 is 0.750 bits per heavy atom. The third kappa shape index (κ3) is 11.2. The van der Waals surface area contributed by atoms with Gasteiger partial charge in [0.1, 0.15) is 0 Å². The number of nitrogens with two attached hydrogens (primary N) is 2. The van der Waals surface area contributed by atoms with Crippen molar-refractivity contribution in [3.05, 3.63) is 34.4 Å². The molecule has 0 fully saturated rings. The fourth-order valence-electron chi connectivity index (χ4n) is 1.08. The molecule has 1 aromatic carbocycles. The van der Waals surface area contributed by atoms with Gasteiger partial charge in [0.25, 0.3) is 0 Å². The van der Waals surface area contributed by atoms with Crippen LogP contribution in [0.4, 0.5) is 17.6 Å². The molecular formula is C8H12F4N2O8S2. The van der Waals surface area contributed by atoms with Gasteiger partial charge in [-0.1, -0.05) is 0 Å². The average Bonchev–Trinajstić information content (AvgIpc) is 2.34. The van der Waals surface area contributed by atoms with Crippen LogP contribution in [0.15, 0.2) is 0 Å². The van der Waals surface area contributed by atoms with Gasteiger partial charge in [-0.2, -0.15) is 16.8 Å². The molecule has 16 heteroatoms. The molecule has 0 atom stereocenters. The van der Waals surface area contributed by atoms with E-state index in [9.17, 15) is 17.6 Å². The maximum absolute atomic E-state index is 13.0. The molecule has 0 aliphatic rings. The standard InChI is InChI=1S/C8H8F4N2.2H2O4S/c9-5-3(1-13)6(10)8(12)4(2-14)7(5)11;2*1-5(2,3)4/h1-2,13-14H2;2*(H2,1,2,3,4). The fraction of sp³-hybridized carbons (Fsp3) is 0.250. The van der Waals surface area contributed by atoms with E-state index in [-0.39, 0.29) is 0 Å². The first-order valence-corrected chi connectivity index (χ1v) is 7.97. The zero-order valence-electron chi connectivity index (χ0n) is 11.3. The molecule has 0 spiro atoms. The summed E-state index contributed by atoms with van der Waals surface area (Å²) in [5.41, 5.74) is 8.26. The van der Waals surface area contributed by atoms with Gasteiger partial charge in [-0.25, -0.2) is 17.6 Å². The van der Waals surface area contributed by atoms with Crippen molar-refractivity contribution in [3.63, 3.8) is 0 Å². The molecule has 142 valence electrons. The summed E-state index contributed by atoms with van der Waals surface area (Å²) >= 11 is 0. The number of hydrogen-bond donors (Lipinski definition) is 6. The highest BCUT2D eigenvalue weighted by Gasteiger charge is 2.23. The zero-order chi connectivity index (χ0) is 19.9. The normalized spacial score (nSPS) is 11.1. The van der Waals surface area contributed by atoms with Gasteiger partial charge in [-0.05, 0) is 0 Å². The van der Waals surface area contributed by atoms with Crippen molar-refractivity contribution >= 4 is 20.8 Å². The summed E-state index contributed by atoms with van der Waals surface area (Å²) in [5.74, 6) is -5.92. The van der Waals surface area contributed by atoms with Crippen molar-refractivity contribution in [2.24, 2.45) is 11.5 Å². The van der Waals surface area contributed by atoms with Crippen molar-refractivity contribution in [2.45, 2.75) is 13.1 Å².